The fraction of sp³-hybridized carbons (Fsp3) is 0.421. The summed E-state index contributed by atoms with van der Waals surface area (Å²) in [5, 5.41) is 10.0. The first kappa shape index (κ1) is 18.9. The molecular weight excluding hydrogens is 346 g/mol. The first-order chi connectivity index (χ1) is 13.0. The Morgan fingerprint density at radius 2 is 2.15 bits per heavy atom. The molecule has 2 amide bonds. The molecule has 2 N–H and O–H groups in total. The third-order valence-electron chi connectivity index (χ3n) is 4.67. The first-order valence-corrected chi connectivity index (χ1v) is 8.98. The van der Waals surface area contributed by atoms with Crippen LogP contribution in [0.25, 0.3) is 0 Å². The Kier molecular flexibility index (Phi) is 5.75. The Bertz CT molecular complexity index is 833. The second kappa shape index (κ2) is 8.22. The molecule has 1 saturated heterocycles. The first-order valence-electron chi connectivity index (χ1n) is 8.98. The number of hydrogen-bond donors (Lipinski definition) is 2. The molecule has 0 saturated carbocycles. The van der Waals surface area contributed by atoms with Gasteiger partial charge in [0.15, 0.2) is 0 Å². The molecule has 2 heterocycles. The summed E-state index contributed by atoms with van der Waals surface area (Å²) >= 11 is 0. The Balaban J connectivity index is 1.83. The molecule has 8 nitrogen and oxygen atoms in total. The molecule has 1 aromatic carbocycles. The SMILES string of the molecule is CNC(C(=O)Nc1ccc(OC)c(N2CCCCC2=O)c1)c1cnn(C)c1. The van der Waals surface area contributed by atoms with Crippen LogP contribution in [0.2, 0.25) is 0 Å². The van der Waals surface area contributed by atoms with Gasteiger partial charge >= 0.3 is 0 Å². The topological polar surface area (TPSA) is 88.5 Å². The molecule has 2 aromatic rings. The van der Waals surface area contributed by atoms with Gasteiger partial charge in [-0.15, -0.1) is 0 Å². The maximum absolute atomic E-state index is 12.7. The molecule has 3 rings (SSSR count). The molecule has 1 aliphatic heterocycles. The number of rotatable bonds is 6. The highest BCUT2D eigenvalue weighted by molar-refractivity contribution is 5.99. The van der Waals surface area contributed by atoms with Crippen LogP contribution >= 0.6 is 0 Å². The minimum atomic E-state index is -0.527. The van der Waals surface area contributed by atoms with Gasteiger partial charge in [0, 0.05) is 37.5 Å². The second-order valence-electron chi connectivity index (χ2n) is 6.55. The molecule has 1 fully saturated rings. The van der Waals surface area contributed by atoms with Gasteiger partial charge in [-0.05, 0) is 38.1 Å². The summed E-state index contributed by atoms with van der Waals surface area (Å²) in [5.74, 6) is 0.485. The molecule has 27 heavy (non-hydrogen) atoms. The van der Waals surface area contributed by atoms with Crippen molar-refractivity contribution in [2.45, 2.75) is 25.3 Å². The third-order valence-corrected chi connectivity index (χ3v) is 4.67. The fourth-order valence-corrected chi connectivity index (χ4v) is 3.29. The number of carbonyl (C=O) groups is 2. The third kappa shape index (κ3) is 4.11. The smallest absolute Gasteiger partial charge is 0.246 e. The van der Waals surface area contributed by atoms with E-state index in [1.807, 2.05) is 0 Å². The van der Waals surface area contributed by atoms with E-state index in [1.54, 1.807) is 61.4 Å². The normalized spacial score (nSPS) is 15.5. The van der Waals surface area contributed by atoms with Crippen LogP contribution in [0.5, 0.6) is 5.75 Å². The Labute approximate surface area is 158 Å². The van der Waals surface area contributed by atoms with Crippen LogP contribution in [0.3, 0.4) is 0 Å². The van der Waals surface area contributed by atoms with Gasteiger partial charge in [0.1, 0.15) is 11.8 Å². The number of aromatic nitrogens is 2. The zero-order valence-electron chi connectivity index (χ0n) is 15.9. The number of amides is 2. The van der Waals surface area contributed by atoms with Crippen molar-refractivity contribution in [3.05, 3.63) is 36.2 Å². The molecule has 8 heteroatoms. The van der Waals surface area contributed by atoms with Crippen molar-refractivity contribution >= 4 is 23.2 Å². The molecule has 1 aromatic heterocycles. The standard InChI is InChI=1S/C19H25N5O3/c1-20-18(13-11-21-23(2)12-13)19(26)22-14-7-8-16(27-3)15(10-14)24-9-5-4-6-17(24)25/h7-8,10-12,18,20H,4-6,9H2,1-3H3,(H,22,26). The van der Waals surface area contributed by atoms with Gasteiger partial charge in [-0.2, -0.15) is 5.10 Å². The lowest BCUT2D eigenvalue weighted by atomic mass is 10.1. The molecule has 0 aliphatic carbocycles. The predicted octanol–water partition coefficient (Wildman–Crippen LogP) is 1.84. The van der Waals surface area contributed by atoms with E-state index in [0.29, 0.717) is 30.1 Å². The van der Waals surface area contributed by atoms with Crippen molar-refractivity contribution in [3.63, 3.8) is 0 Å². The molecule has 0 bridgehead atoms. The van der Waals surface area contributed by atoms with Crippen LogP contribution in [0.15, 0.2) is 30.6 Å². The fourth-order valence-electron chi connectivity index (χ4n) is 3.29. The predicted molar refractivity (Wildman–Crippen MR) is 103 cm³/mol. The van der Waals surface area contributed by atoms with Crippen LogP contribution in [-0.2, 0) is 16.6 Å². The van der Waals surface area contributed by atoms with Gasteiger partial charge in [0.25, 0.3) is 0 Å². The summed E-state index contributed by atoms with van der Waals surface area (Å²) in [6.45, 7) is 0.654. The van der Waals surface area contributed by atoms with E-state index < -0.39 is 6.04 Å². The summed E-state index contributed by atoms with van der Waals surface area (Å²) in [5.41, 5.74) is 2.07. The Morgan fingerprint density at radius 3 is 2.78 bits per heavy atom. The highest BCUT2D eigenvalue weighted by atomic mass is 16.5. The van der Waals surface area contributed by atoms with Gasteiger partial charge in [-0.3, -0.25) is 14.3 Å². The van der Waals surface area contributed by atoms with Crippen LogP contribution in [0.1, 0.15) is 30.9 Å². The number of carbonyl (C=O) groups excluding carboxylic acids is 2. The minimum absolute atomic E-state index is 0.0755. The molecule has 1 unspecified atom stereocenters. The van der Waals surface area contributed by atoms with E-state index in [9.17, 15) is 9.59 Å². The van der Waals surface area contributed by atoms with Gasteiger partial charge in [-0.1, -0.05) is 0 Å². The quantitative estimate of drug-likeness (QED) is 0.809. The van der Waals surface area contributed by atoms with Gasteiger partial charge in [-0.25, -0.2) is 0 Å². The van der Waals surface area contributed by atoms with Crippen molar-refractivity contribution in [2.24, 2.45) is 7.05 Å². The second-order valence-corrected chi connectivity index (χ2v) is 6.55. The lowest BCUT2D eigenvalue weighted by Crippen LogP contribution is -2.35. The van der Waals surface area contributed by atoms with Gasteiger partial charge in [0.2, 0.25) is 11.8 Å². The van der Waals surface area contributed by atoms with E-state index >= 15 is 0 Å². The lowest BCUT2D eigenvalue weighted by Gasteiger charge is -2.28. The highest BCUT2D eigenvalue weighted by Crippen LogP contribution is 2.33. The average Bonchev–Trinajstić information content (AvgIpc) is 3.08. The van der Waals surface area contributed by atoms with Crippen LogP contribution in [-0.4, -0.2) is 42.3 Å². The molecule has 1 atom stereocenters. The van der Waals surface area contributed by atoms with Crippen LogP contribution in [0.4, 0.5) is 11.4 Å². The summed E-state index contributed by atoms with van der Waals surface area (Å²) in [4.78, 5) is 26.8. The van der Waals surface area contributed by atoms with Gasteiger partial charge in [0.05, 0.1) is 19.0 Å². The lowest BCUT2D eigenvalue weighted by molar-refractivity contribution is -0.119. The number of ether oxygens (including phenoxy) is 1. The van der Waals surface area contributed by atoms with Gasteiger partial charge < -0.3 is 20.3 Å². The molecule has 144 valence electrons. The van der Waals surface area contributed by atoms with Crippen molar-refractivity contribution in [1.29, 1.82) is 0 Å². The van der Waals surface area contributed by atoms with Crippen molar-refractivity contribution in [3.8, 4) is 5.75 Å². The van der Waals surface area contributed by atoms with E-state index in [2.05, 4.69) is 15.7 Å². The minimum Gasteiger partial charge on any atom is -0.495 e. The maximum Gasteiger partial charge on any atom is 0.246 e. The number of nitrogens with one attached hydrogen (secondary N) is 2. The molecular formula is C19H25N5O3. The van der Waals surface area contributed by atoms with E-state index in [4.69, 9.17) is 4.74 Å². The number of piperidine rings is 1. The number of methoxy groups -OCH3 is 1. The maximum atomic E-state index is 12.7. The number of benzene rings is 1. The molecule has 0 radical (unpaired) electrons. The number of nitrogens with zero attached hydrogens (tertiary/aromatic N) is 3. The average molecular weight is 371 g/mol. The van der Waals surface area contributed by atoms with Crippen LogP contribution < -0.4 is 20.3 Å². The number of hydrogen-bond acceptors (Lipinski definition) is 5. The van der Waals surface area contributed by atoms with Crippen molar-refractivity contribution in [2.75, 3.05) is 30.9 Å². The summed E-state index contributed by atoms with van der Waals surface area (Å²) in [6.07, 6.45) is 5.85. The summed E-state index contributed by atoms with van der Waals surface area (Å²) in [7, 11) is 5.10. The zero-order valence-corrected chi connectivity index (χ0v) is 15.9. The summed E-state index contributed by atoms with van der Waals surface area (Å²) in [6, 6.07) is 4.80. The molecule has 0 spiro atoms. The van der Waals surface area contributed by atoms with E-state index in [0.717, 1.165) is 18.4 Å². The van der Waals surface area contributed by atoms with E-state index in [-0.39, 0.29) is 11.8 Å². The summed E-state index contributed by atoms with van der Waals surface area (Å²) < 4.78 is 7.07. The van der Waals surface area contributed by atoms with Crippen molar-refractivity contribution in [1.82, 2.24) is 15.1 Å². The Morgan fingerprint density at radius 1 is 1.33 bits per heavy atom. The largest absolute Gasteiger partial charge is 0.495 e. The number of anilines is 2. The highest BCUT2D eigenvalue weighted by Gasteiger charge is 2.24. The zero-order chi connectivity index (χ0) is 19.4. The van der Waals surface area contributed by atoms with E-state index in [1.165, 1.54) is 0 Å². The monoisotopic (exact) mass is 371 g/mol. The van der Waals surface area contributed by atoms with Crippen LogP contribution in [0, 0.1) is 0 Å². The number of likely N-dealkylation sites (N-methyl/N-ethyl adjacent to an activating group) is 1. The molecule has 1 aliphatic rings. The van der Waals surface area contributed by atoms with Crippen molar-refractivity contribution < 1.29 is 14.3 Å². The number of aryl methyl sites for hydroxylation is 1. The Hall–Kier alpha value is -2.87.